The number of rotatable bonds is 4. The molecule has 3 heterocycles. The Hall–Kier alpha value is -4.30. The minimum absolute atomic E-state index is 0.0890. The third kappa shape index (κ3) is 3.40. The van der Waals surface area contributed by atoms with Gasteiger partial charge in [-0.25, -0.2) is 9.69 Å². The van der Waals surface area contributed by atoms with Gasteiger partial charge in [0.05, 0.1) is 42.5 Å². The van der Waals surface area contributed by atoms with E-state index in [1.807, 2.05) is 24.3 Å². The van der Waals surface area contributed by atoms with Crippen LogP contribution in [0, 0.1) is 11.8 Å². The fourth-order valence-electron chi connectivity index (χ4n) is 5.64. The van der Waals surface area contributed by atoms with Gasteiger partial charge in [-0.1, -0.05) is 48.0 Å². The number of anilines is 1. The van der Waals surface area contributed by atoms with Crippen molar-refractivity contribution in [2.75, 3.05) is 12.0 Å². The van der Waals surface area contributed by atoms with Crippen LogP contribution in [-0.4, -0.2) is 47.9 Å². The van der Waals surface area contributed by atoms with Crippen LogP contribution < -0.4 is 4.90 Å². The fourth-order valence-corrected chi connectivity index (χ4v) is 5.77. The molecule has 0 bridgehead atoms. The Morgan fingerprint density at radius 1 is 0.892 bits per heavy atom. The van der Waals surface area contributed by atoms with Crippen LogP contribution in [0.15, 0.2) is 77.9 Å². The molecule has 3 aromatic rings. The topological polar surface area (TPSA) is 96.3 Å². The summed E-state index contributed by atoms with van der Waals surface area (Å²) >= 11 is 6.03. The molecule has 37 heavy (non-hydrogen) atoms. The number of hydrogen-bond acceptors (Lipinski definition) is 7. The van der Waals surface area contributed by atoms with Gasteiger partial charge in [-0.05, 0) is 47.5 Å². The van der Waals surface area contributed by atoms with Crippen LogP contribution in [0.4, 0.5) is 5.69 Å². The van der Waals surface area contributed by atoms with Gasteiger partial charge in [0.15, 0.2) is 5.78 Å². The molecule has 4 atom stereocenters. The van der Waals surface area contributed by atoms with Gasteiger partial charge in [-0.3, -0.25) is 19.4 Å². The van der Waals surface area contributed by atoms with Crippen molar-refractivity contribution in [2.24, 2.45) is 16.9 Å². The van der Waals surface area contributed by atoms with Gasteiger partial charge in [-0.15, -0.1) is 0 Å². The summed E-state index contributed by atoms with van der Waals surface area (Å²) in [6, 6.07) is 18.5. The number of imide groups is 1. The average molecular weight is 514 g/mol. The van der Waals surface area contributed by atoms with Crippen molar-refractivity contribution in [1.29, 1.82) is 0 Å². The number of Topliss-reactive ketones (excluding diaryl/α,β-unsaturated/α-hetero) is 1. The van der Waals surface area contributed by atoms with E-state index in [0.29, 0.717) is 10.6 Å². The highest BCUT2D eigenvalue weighted by molar-refractivity contribution is 6.30. The first-order chi connectivity index (χ1) is 17.9. The van der Waals surface area contributed by atoms with Gasteiger partial charge < -0.3 is 4.74 Å². The zero-order chi connectivity index (χ0) is 25.8. The molecule has 0 aliphatic carbocycles. The first-order valence-corrected chi connectivity index (χ1v) is 12.1. The Morgan fingerprint density at radius 3 is 2.32 bits per heavy atom. The summed E-state index contributed by atoms with van der Waals surface area (Å²) in [5.41, 5.74) is 2.21. The Labute approximate surface area is 217 Å². The normalized spacial score (nSPS) is 23.5. The lowest BCUT2D eigenvalue weighted by Gasteiger charge is -2.34. The van der Waals surface area contributed by atoms with Crippen molar-refractivity contribution in [3.8, 4) is 0 Å². The molecule has 0 saturated carbocycles. The SMILES string of the molecule is COC(=O)c1ccccc1N1C(=O)[C@@H]2[C@H](C1=O)[C@H]1c3ccccc3C=NN1[C@@H]2C(=O)c1ccc(Cl)cc1. The number of hydrazone groups is 1. The summed E-state index contributed by atoms with van der Waals surface area (Å²) in [5, 5.41) is 6.62. The molecular weight excluding hydrogens is 494 g/mol. The third-order valence-corrected chi connectivity index (χ3v) is 7.49. The maximum Gasteiger partial charge on any atom is 0.339 e. The lowest BCUT2D eigenvalue weighted by atomic mass is 9.83. The Balaban J connectivity index is 1.50. The van der Waals surface area contributed by atoms with Crippen LogP contribution in [-0.2, 0) is 14.3 Å². The van der Waals surface area contributed by atoms with Gasteiger partial charge in [0.2, 0.25) is 11.8 Å². The van der Waals surface area contributed by atoms with E-state index in [4.69, 9.17) is 16.3 Å². The molecule has 0 unspecified atom stereocenters. The number of amides is 2. The number of ketones is 1. The van der Waals surface area contributed by atoms with Gasteiger partial charge in [0, 0.05) is 10.6 Å². The first-order valence-electron chi connectivity index (χ1n) is 11.7. The number of methoxy groups -OCH3 is 1. The molecule has 0 aromatic heterocycles. The van der Waals surface area contributed by atoms with E-state index >= 15 is 0 Å². The van der Waals surface area contributed by atoms with Crippen molar-refractivity contribution in [3.63, 3.8) is 0 Å². The standard InChI is InChI=1S/C28H20ClN3O5/c1-37-28(36)19-8-4-5-9-20(19)31-26(34)21-22(27(31)35)24(25(33)15-10-12-17(29)13-11-15)32-23(21)18-7-3-2-6-16(18)14-30-32/h2-14,21-24H,1H3/t21-,22+,23+,24-/m0/s1. The minimum atomic E-state index is -1.02. The Kier molecular flexibility index (Phi) is 5.42. The summed E-state index contributed by atoms with van der Waals surface area (Å²) < 4.78 is 4.88. The van der Waals surface area contributed by atoms with E-state index in [1.54, 1.807) is 47.6 Å². The number of halogens is 1. The molecule has 3 aromatic carbocycles. The number of carbonyl (C=O) groups excluding carboxylic acids is 4. The molecule has 2 saturated heterocycles. The molecule has 184 valence electrons. The zero-order valence-electron chi connectivity index (χ0n) is 19.6. The van der Waals surface area contributed by atoms with Gasteiger partial charge >= 0.3 is 5.97 Å². The van der Waals surface area contributed by atoms with Crippen molar-refractivity contribution < 1.29 is 23.9 Å². The Bertz CT molecular complexity index is 1500. The summed E-state index contributed by atoms with van der Waals surface area (Å²) in [6.07, 6.45) is 1.65. The molecule has 6 rings (SSSR count). The Morgan fingerprint density at radius 2 is 1.57 bits per heavy atom. The number of ether oxygens (including phenoxy) is 1. The van der Waals surface area contributed by atoms with Crippen LogP contribution in [0.1, 0.15) is 37.9 Å². The predicted octanol–water partition coefficient (Wildman–Crippen LogP) is 3.89. The smallest absolute Gasteiger partial charge is 0.339 e. The minimum Gasteiger partial charge on any atom is -0.465 e. The molecule has 2 amide bonds. The van der Waals surface area contributed by atoms with Crippen molar-refractivity contribution in [3.05, 3.63) is 100 Å². The summed E-state index contributed by atoms with van der Waals surface area (Å²) in [6.45, 7) is 0. The fraction of sp³-hybridized carbons (Fsp3) is 0.179. The second kappa shape index (κ2) is 8.67. The number of nitrogens with zero attached hydrogens (tertiary/aromatic N) is 3. The van der Waals surface area contributed by atoms with E-state index < -0.39 is 41.7 Å². The third-order valence-electron chi connectivity index (χ3n) is 7.24. The quantitative estimate of drug-likeness (QED) is 0.298. The van der Waals surface area contributed by atoms with E-state index in [0.717, 1.165) is 16.0 Å². The highest BCUT2D eigenvalue weighted by atomic mass is 35.5. The van der Waals surface area contributed by atoms with Crippen molar-refractivity contribution in [1.82, 2.24) is 5.01 Å². The molecule has 2 fully saturated rings. The van der Waals surface area contributed by atoms with Crippen LogP contribution >= 0.6 is 11.6 Å². The van der Waals surface area contributed by atoms with Crippen molar-refractivity contribution >= 4 is 47.1 Å². The molecule has 0 N–H and O–H groups in total. The molecule has 0 spiro atoms. The lowest BCUT2D eigenvalue weighted by molar-refractivity contribution is -0.124. The highest BCUT2D eigenvalue weighted by Crippen LogP contribution is 2.53. The maximum absolute atomic E-state index is 14.0. The monoisotopic (exact) mass is 513 g/mol. The second-order valence-electron chi connectivity index (χ2n) is 9.09. The predicted molar refractivity (Wildman–Crippen MR) is 135 cm³/mol. The largest absolute Gasteiger partial charge is 0.465 e. The highest BCUT2D eigenvalue weighted by Gasteiger charge is 2.65. The lowest BCUT2D eigenvalue weighted by Crippen LogP contribution is -2.45. The van der Waals surface area contributed by atoms with E-state index in [2.05, 4.69) is 5.10 Å². The number of para-hydroxylation sites is 1. The van der Waals surface area contributed by atoms with E-state index in [-0.39, 0.29) is 17.0 Å². The van der Waals surface area contributed by atoms with Crippen LogP contribution in [0.3, 0.4) is 0 Å². The van der Waals surface area contributed by atoms with Gasteiger partial charge in [0.1, 0.15) is 6.04 Å². The number of carbonyl (C=O) groups is 4. The summed E-state index contributed by atoms with van der Waals surface area (Å²) in [7, 11) is 1.23. The number of benzene rings is 3. The zero-order valence-corrected chi connectivity index (χ0v) is 20.3. The first kappa shape index (κ1) is 23.1. The van der Waals surface area contributed by atoms with Crippen LogP contribution in [0.2, 0.25) is 5.02 Å². The number of hydrogen-bond donors (Lipinski definition) is 0. The van der Waals surface area contributed by atoms with Crippen LogP contribution in [0.5, 0.6) is 0 Å². The van der Waals surface area contributed by atoms with Gasteiger partial charge in [-0.2, -0.15) is 5.10 Å². The van der Waals surface area contributed by atoms with Gasteiger partial charge in [0.25, 0.3) is 0 Å². The van der Waals surface area contributed by atoms with E-state index in [1.165, 1.54) is 19.2 Å². The second-order valence-corrected chi connectivity index (χ2v) is 9.52. The molecule has 9 heteroatoms. The number of esters is 1. The molecule has 3 aliphatic rings. The number of fused-ring (bicyclic) bond motifs is 5. The summed E-state index contributed by atoms with van der Waals surface area (Å²) in [5.74, 6) is -3.93. The van der Waals surface area contributed by atoms with Crippen molar-refractivity contribution in [2.45, 2.75) is 12.1 Å². The molecular formula is C28H20ClN3O5. The summed E-state index contributed by atoms with van der Waals surface area (Å²) in [4.78, 5) is 55.4. The molecule has 8 nitrogen and oxygen atoms in total. The maximum atomic E-state index is 14.0. The van der Waals surface area contributed by atoms with E-state index in [9.17, 15) is 19.2 Å². The molecule has 0 radical (unpaired) electrons. The van der Waals surface area contributed by atoms with Crippen LogP contribution in [0.25, 0.3) is 0 Å². The average Bonchev–Trinajstić information content (AvgIpc) is 3.40. The molecule has 3 aliphatic heterocycles.